The fourth-order valence-corrected chi connectivity index (χ4v) is 15.1. The van der Waals surface area contributed by atoms with Gasteiger partial charge < -0.3 is 23.7 Å². The molecule has 0 bridgehead atoms. The summed E-state index contributed by atoms with van der Waals surface area (Å²) in [7, 11) is 0. The number of nitrogens with zero attached hydrogens (tertiary/aromatic N) is 2. The molecule has 2 aliphatic carbocycles. The van der Waals surface area contributed by atoms with E-state index in [2.05, 4.69) is 159 Å². The van der Waals surface area contributed by atoms with E-state index in [1.165, 1.54) is 12.1 Å². The summed E-state index contributed by atoms with van der Waals surface area (Å²) in [6.07, 6.45) is 3.59. The number of hydrogen-bond donors (Lipinski definition) is 0. The Kier molecular flexibility index (Phi) is 14.6. The second-order valence-electron chi connectivity index (χ2n) is 24.9. The molecule has 0 amide bonds. The van der Waals surface area contributed by atoms with Crippen molar-refractivity contribution < 1.29 is 31.5 Å². The van der Waals surface area contributed by atoms with Crippen LogP contribution in [0.15, 0.2) is 333 Å². The van der Waals surface area contributed by atoms with Crippen molar-refractivity contribution in [3.05, 3.63) is 408 Å². The van der Waals surface area contributed by atoms with Crippen molar-refractivity contribution in [2.24, 2.45) is 0 Å². The Morgan fingerprint density at radius 2 is 0.596 bits per heavy atom. The predicted molar refractivity (Wildman–Crippen MR) is 391 cm³/mol. The third-order valence-corrected chi connectivity index (χ3v) is 19.5. The van der Waals surface area contributed by atoms with Crippen molar-refractivity contribution in [1.29, 1.82) is 0 Å². The van der Waals surface area contributed by atoms with E-state index in [1.54, 1.807) is 24.3 Å². The van der Waals surface area contributed by atoms with E-state index in [9.17, 15) is 0 Å². The summed E-state index contributed by atoms with van der Waals surface area (Å²) < 4.78 is 81.9. The van der Waals surface area contributed by atoms with Crippen molar-refractivity contribution in [1.82, 2.24) is 0 Å². The van der Waals surface area contributed by atoms with Crippen LogP contribution in [-0.2, 0) is 10.8 Å². The first-order valence-electron chi connectivity index (χ1n) is 32.7. The maximum atomic E-state index is 16.0. The van der Waals surface area contributed by atoms with Crippen molar-refractivity contribution in [2.45, 2.75) is 10.8 Å². The van der Waals surface area contributed by atoms with Gasteiger partial charge in [-0.1, -0.05) is 195 Å². The molecule has 15 aromatic rings. The number of rotatable bonds is 16. The number of hydrogen-bond acceptors (Lipinski definition) is 5. The first-order chi connectivity index (χ1) is 48.6. The highest BCUT2D eigenvalue weighted by Gasteiger charge is 2.48. The molecule has 0 saturated carbocycles. The zero-order chi connectivity index (χ0) is 66.9. The van der Waals surface area contributed by atoms with Crippen molar-refractivity contribution in [2.75, 3.05) is 9.80 Å². The molecule has 17 rings (SSSR count). The third kappa shape index (κ3) is 9.99. The number of furan rings is 1. The predicted octanol–water partition coefficient (Wildman–Crippen LogP) is 24.7. The average molecular weight is 1290 g/mol. The molecule has 0 spiro atoms. The minimum atomic E-state index is -1.01. The van der Waals surface area contributed by atoms with Gasteiger partial charge in [0.15, 0.2) is 23.3 Å². The first-order valence-corrected chi connectivity index (χ1v) is 32.7. The molecular formula is C90H58F4N2O3. The molecule has 0 fully saturated rings. The lowest BCUT2D eigenvalue weighted by molar-refractivity contribution is 0.482. The summed E-state index contributed by atoms with van der Waals surface area (Å²) >= 11 is 0. The van der Waals surface area contributed by atoms with Crippen LogP contribution in [0.2, 0.25) is 0 Å². The molecule has 9 heteroatoms. The molecule has 2 unspecified atom stereocenters. The highest BCUT2D eigenvalue weighted by Crippen LogP contribution is 2.60. The van der Waals surface area contributed by atoms with Crippen LogP contribution in [0.3, 0.4) is 0 Å². The van der Waals surface area contributed by atoms with Crippen LogP contribution >= 0.6 is 0 Å². The van der Waals surface area contributed by atoms with E-state index in [0.717, 1.165) is 90.0 Å². The van der Waals surface area contributed by atoms with E-state index in [4.69, 9.17) is 13.9 Å². The third-order valence-electron chi connectivity index (χ3n) is 19.5. The molecule has 474 valence electrons. The van der Waals surface area contributed by atoms with Gasteiger partial charge in [-0.2, -0.15) is 0 Å². The van der Waals surface area contributed by atoms with Crippen LogP contribution in [0.1, 0.15) is 55.6 Å². The SMILES string of the molecule is C=Cc1ccc(Oc2ccc(C3(c4ccccc4)c4ccccc4-c4ccc(N(c5ccc(F)c(F)c5)c5ccc6oc7ccc(N(c8ccc(F)c(F)c8)c8ccc9c(c8)C(c8ccccc8)(c8ccc(Oc%10ccc(C=C)cc%10)cc8)c8ccccc8-9)cc7c6c5)cc43)cc2)cc1. The number of benzene rings is 14. The second-order valence-corrected chi connectivity index (χ2v) is 24.9. The van der Waals surface area contributed by atoms with Crippen LogP contribution in [0.4, 0.5) is 51.7 Å². The Hall–Kier alpha value is -12.7. The topological polar surface area (TPSA) is 38.1 Å². The van der Waals surface area contributed by atoms with Crippen molar-refractivity contribution in [3.8, 4) is 45.3 Å². The van der Waals surface area contributed by atoms with Gasteiger partial charge in [0.1, 0.15) is 34.2 Å². The Bertz CT molecular complexity index is 5310. The van der Waals surface area contributed by atoms with E-state index in [0.29, 0.717) is 79.1 Å². The Balaban J connectivity index is 0.812. The molecule has 5 nitrogen and oxygen atoms in total. The largest absolute Gasteiger partial charge is 0.457 e. The van der Waals surface area contributed by atoms with Gasteiger partial charge in [0, 0.05) is 57.0 Å². The molecule has 2 aliphatic rings. The lowest BCUT2D eigenvalue weighted by Crippen LogP contribution is -2.28. The van der Waals surface area contributed by atoms with Crippen LogP contribution in [0, 0.1) is 23.3 Å². The molecular weight excluding hydrogens is 1230 g/mol. The molecule has 1 aromatic heterocycles. The number of ether oxygens (including phenoxy) is 2. The van der Waals surface area contributed by atoms with Crippen LogP contribution in [-0.4, -0.2) is 0 Å². The van der Waals surface area contributed by atoms with Gasteiger partial charge in [0.2, 0.25) is 0 Å². The van der Waals surface area contributed by atoms with E-state index in [1.807, 2.05) is 143 Å². The minimum absolute atomic E-state index is 0.374. The summed E-state index contributed by atoms with van der Waals surface area (Å²) in [5, 5.41) is 1.42. The van der Waals surface area contributed by atoms with E-state index >= 15 is 17.6 Å². The fourth-order valence-electron chi connectivity index (χ4n) is 15.1. The Labute approximate surface area is 569 Å². The fraction of sp³-hybridized carbons (Fsp3) is 0.0222. The zero-order valence-corrected chi connectivity index (χ0v) is 53.2. The second kappa shape index (κ2) is 24.2. The number of fused-ring (bicyclic) bond motifs is 9. The normalized spacial score (nSPS) is 14.8. The summed E-state index contributed by atoms with van der Waals surface area (Å²) in [4.78, 5) is 3.88. The van der Waals surface area contributed by atoms with Crippen LogP contribution in [0.25, 0.3) is 56.3 Å². The summed E-state index contributed by atoms with van der Waals surface area (Å²) in [6.45, 7) is 7.79. The van der Waals surface area contributed by atoms with Crippen molar-refractivity contribution in [3.63, 3.8) is 0 Å². The molecule has 0 saturated heterocycles. The molecule has 0 N–H and O–H groups in total. The Morgan fingerprint density at radius 1 is 0.283 bits per heavy atom. The van der Waals surface area contributed by atoms with Gasteiger partial charge in [-0.3, -0.25) is 0 Å². The Morgan fingerprint density at radius 3 is 0.980 bits per heavy atom. The van der Waals surface area contributed by atoms with Gasteiger partial charge in [-0.15, -0.1) is 0 Å². The van der Waals surface area contributed by atoms with Gasteiger partial charge in [0.25, 0.3) is 0 Å². The minimum Gasteiger partial charge on any atom is -0.457 e. The lowest BCUT2D eigenvalue weighted by atomic mass is 9.67. The van der Waals surface area contributed by atoms with Gasteiger partial charge in [-0.25, -0.2) is 17.6 Å². The molecule has 99 heavy (non-hydrogen) atoms. The molecule has 0 aliphatic heterocycles. The standard InChI is InChI=1S/C90H58F4N2O3/c1-3-57-23-37-69(38-24-57)97-71-41-27-61(28-42-71)89(59-15-7-5-8-16-59)79-21-13-11-19-73(79)75-45-31-65(53-81(75)89)95(67-33-47-83(91)85(93)55-67)63-35-49-87-77(51-63)78-52-64(36-50-88(78)99-87)96(68-34-48-84(92)86(94)56-68)66-32-46-76-74-20-12-14-22-80(74)90(82(76)54-66,60-17-9-6-10-18-60)62-29-43-72(44-30-62)98-70-39-25-58(4-2)26-40-70/h3-56H,1-2H2. The highest BCUT2D eigenvalue weighted by atomic mass is 19.2. The smallest absolute Gasteiger partial charge is 0.160 e. The van der Waals surface area contributed by atoms with Crippen molar-refractivity contribution >= 4 is 68.2 Å². The molecule has 2 atom stereocenters. The molecule has 1 heterocycles. The molecule has 14 aromatic carbocycles. The van der Waals surface area contributed by atoms with Crippen LogP contribution < -0.4 is 19.3 Å². The van der Waals surface area contributed by atoms with Gasteiger partial charge in [0.05, 0.1) is 10.8 Å². The highest BCUT2D eigenvalue weighted by molar-refractivity contribution is 6.08. The van der Waals surface area contributed by atoms with E-state index < -0.39 is 34.1 Å². The summed E-state index contributed by atoms with van der Waals surface area (Å²) in [6, 6.07) is 102. The summed E-state index contributed by atoms with van der Waals surface area (Å²) in [5.74, 6) is -1.25. The maximum absolute atomic E-state index is 16.0. The first kappa shape index (κ1) is 60.0. The zero-order valence-electron chi connectivity index (χ0n) is 53.2. The quantitative estimate of drug-likeness (QED) is 0.0902. The van der Waals surface area contributed by atoms with Gasteiger partial charge in [-0.05, 0) is 211 Å². The number of halogens is 4. The van der Waals surface area contributed by atoms with Crippen LogP contribution in [0.5, 0.6) is 23.0 Å². The maximum Gasteiger partial charge on any atom is 0.160 e. The summed E-state index contributed by atoms with van der Waals surface area (Å²) in [5.41, 5.74) is 17.1. The monoisotopic (exact) mass is 1290 g/mol. The van der Waals surface area contributed by atoms with Gasteiger partial charge >= 0.3 is 0 Å². The lowest BCUT2D eigenvalue weighted by Gasteiger charge is -2.35. The van der Waals surface area contributed by atoms with E-state index in [-0.39, 0.29) is 0 Å². The average Bonchev–Trinajstić information content (AvgIpc) is 1.55. The number of anilines is 6. The molecule has 0 radical (unpaired) electrons.